The molecular formula is C17H23N3O. The van der Waals surface area contributed by atoms with Crippen LogP contribution in [-0.4, -0.2) is 15.5 Å². The number of carbonyl (C=O) groups is 1. The van der Waals surface area contributed by atoms with Gasteiger partial charge in [-0.25, -0.2) is 4.98 Å². The van der Waals surface area contributed by atoms with Crippen molar-refractivity contribution in [3.05, 3.63) is 30.1 Å². The molecule has 112 valence electrons. The predicted molar refractivity (Wildman–Crippen MR) is 84.1 cm³/mol. The van der Waals surface area contributed by atoms with Gasteiger partial charge < -0.3 is 10.3 Å². The molecule has 1 fully saturated rings. The topological polar surface area (TPSA) is 60.9 Å². The van der Waals surface area contributed by atoms with Crippen LogP contribution < -0.4 is 5.73 Å². The highest BCUT2D eigenvalue weighted by atomic mass is 16.1. The third kappa shape index (κ3) is 2.67. The molecule has 2 N–H and O–H groups in total. The van der Waals surface area contributed by atoms with Crippen molar-refractivity contribution in [1.29, 1.82) is 0 Å². The summed E-state index contributed by atoms with van der Waals surface area (Å²) in [6.07, 6.45) is 5.54. The average Bonchev–Trinajstić information content (AvgIpc) is 2.78. The van der Waals surface area contributed by atoms with Crippen molar-refractivity contribution in [3.63, 3.8) is 0 Å². The average molecular weight is 285 g/mol. The predicted octanol–water partition coefficient (Wildman–Crippen LogP) is 3.52. The molecule has 1 amide bonds. The lowest BCUT2D eigenvalue weighted by atomic mass is 9.70. The second-order valence-corrected chi connectivity index (χ2v) is 7.29. The Labute approximate surface area is 125 Å². The minimum Gasteiger partial charge on any atom is -0.366 e. The monoisotopic (exact) mass is 285 g/mol. The molecular weight excluding hydrogens is 262 g/mol. The molecule has 1 aromatic heterocycles. The van der Waals surface area contributed by atoms with Gasteiger partial charge in [0.15, 0.2) is 0 Å². The van der Waals surface area contributed by atoms with Crippen LogP contribution in [0, 0.1) is 11.3 Å². The number of hydrogen-bond acceptors (Lipinski definition) is 2. The van der Waals surface area contributed by atoms with E-state index in [9.17, 15) is 4.79 Å². The molecule has 4 heteroatoms. The minimum absolute atomic E-state index is 0.367. The summed E-state index contributed by atoms with van der Waals surface area (Å²) < 4.78 is 2.28. The number of amides is 1. The lowest BCUT2D eigenvalue weighted by Gasteiger charge is -2.39. The Morgan fingerprint density at radius 1 is 1.38 bits per heavy atom. The summed E-state index contributed by atoms with van der Waals surface area (Å²) in [6, 6.07) is 6.02. The van der Waals surface area contributed by atoms with Gasteiger partial charge in [0.25, 0.3) is 0 Å². The molecule has 1 saturated carbocycles. The molecule has 1 aliphatic rings. The number of nitrogens with zero attached hydrogens (tertiary/aromatic N) is 2. The number of hydrogen-bond donors (Lipinski definition) is 1. The zero-order valence-electron chi connectivity index (χ0n) is 13.0. The van der Waals surface area contributed by atoms with E-state index in [0.29, 0.717) is 17.0 Å². The number of aromatic nitrogens is 2. The maximum Gasteiger partial charge on any atom is 0.248 e. The first-order chi connectivity index (χ1) is 9.85. The summed E-state index contributed by atoms with van der Waals surface area (Å²) in [6.45, 7) is 7.03. The van der Waals surface area contributed by atoms with E-state index in [1.807, 2.05) is 12.4 Å². The Hall–Kier alpha value is -1.84. The van der Waals surface area contributed by atoms with Crippen molar-refractivity contribution >= 4 is 16.9 Å². The number of fused-ring (bicyclic) bond motifs is 1. The minimum atomic E-state index is -0.404. The van der Waals surface area contributed by atoms with Crippen LogP contribution in [0.5, 0.6) is 0 Å². The van der Waals surface area contributed by atoms with Gasteiger partial charge in [-0.3, -0.25) is 4.79 Å². The summed E-state index contributed by atoms with van der Waals surface area (Å²) in [5.41, 5.74) is 8.16. The van der Waals surface area contributed by atoms with Crippen LogP contribution in [0.1, 0.15) is 56.4 Å². The second kappa shape index (κ2) is 4.86. The van der Waals surface area contributed by atoms with Gasteiger partial charge in [0.1, 0.15) is 0 Å². The maximum atomic E-state index is 11.3. The maximum absolute atomic E-state index is 11.3. The number of rotatable bonds is 2. The zero-order chi connectivity index (χ0) is 15.2. The fourth-order valence-electron chi connectivity index (χ4n) is 3.98. The van der Waals surface area contributed by atoms with E-state index in [0.717, 1.165) is 17.0 Å². The Bertz CT molecular complexity index is 686. The van der Waals surface area contributed by atoms with Crippen molar-refractivity contribution in [2.45, 2.75) is 46.1 Å². The number of nitrogens with two attached hydrogens (primary N) is 1. The van der Waals surface area contributed by atoms with Crippen LogP contribution in [0.2, 0.25) is 0 Å². The molecule has 0 spiro atoms. The summed E-state index contributed by atoms with van der Waals surface area (Å²) in [5.74, 6) is 0.319. The van der Waals surface area contributed by atoms with E-state index in [-0.39, 0.29) is 0 Å². The molecule has 2 atom stereocenters. The summed E-state index contributed by atoms with van der Waals surface area (Å²) in [5, 5.41) is 0. The van der Waals surface area contributed by atoms with E-state index in [1.165, 1.54) is 19.3 Å². The normalized spacial score (nSPS) is 25.1. The number of primary amides is 1. The van der Waals surface area contributed by atoms with Gasteiger partial charge in [0.05, 0.1) is 17.4 Å². The number of imidazole rings is 1. The smallest absolute Gasteiger partial charge is 0.248 e. The Morgan fingerprint density at radius 2 is 2.14 bits per heavy atom. The lowest BCUT2D eigenvalue weighted by molar-refractivity contribution is 0.100. The quantitative estimate of drug-likeness (QED) is 0.917. The first-order valence-electron chi connectivity index (χ1n) is 7.62. The number of carbonyl (C=O) groups excluding carboxylic acids is 1. The highest BCUT2D eigenvalue weighted by molar-refractivity contribution is 5.96. The van der Waals surface area contributed by atoms with Gasteiger partial charge in [-0.15, -0.1) is 0 Å². The fourth-order valence-corrected chi connectivity index (χ4v) is 3.98. The Balaban J connectivity index is 1.99. The van der Waals surface area contributed by atoms with Crippen molar-refractivity contribution in [1.82, 2.24) is 9.55 Å². The Morgan fingerprint density at radius 3 is 2.81 bits per heavy atom. The van der Waals surface area contributed by atoms with E-state index in [4.69, 9.17) is 5.73 Å². The first-order valence-corrected chi connectivity index (χ1v) is 7.62. The highest BCUT2D eigenvalue weighted by Crippen LogP contribution is 2.44. The van der Waals surface area contributed by atoms with Crippen LogP contribution >= 0.6 is 0 Å². The Kier molecular flexibility index (Phi) is 3.27. The van der Waals surface area contributed by atoms with E-state index in [2.05, 4.69) is 30.3 Å². The molecule has 4 nitrogen and oxygen atoms in total. The third-order valence-electron chi connectivity index (χ3n) is 4.62. The van der Waals surface area contributed by atoms with E-state index in [1.54, 1.807) is 12.1 Å². The molecule has 3 rings (SSSR count). The van der Waals surface area contributed by atoms with Gasteiger partial charge in [-0.05, 0) is 48.8 Å². The van der Waals surface area contributed by atoms with Crippen LogP contribution in [0.4, 0.5) is 0 Å². The largest absolute Gasteiger partial charge is 0.366 e. The molecule has 0 unspecified atom stereocenters. The zero-order valence-corrected chi connectivity index (χ0v) is 13.0. The molecule has 1 aromatic carbocycles. The van der Waals surface area contributed by atoms with Crippen LogP contribution in [0.15, 0.2) is 24.5 Å². The van der Waals surface area contributed by atoms with Gasteiger partial charge in [0.2, 0.25) is 5.91 Å². The number of benzene rings is 1. The summed E-state index contributed by atoms with van der Waals surface area (Å²) in [7, 11) is 0. The van der Waals surface area contributed by atoms with Crippen LogP contribution in [0.25, 0.3) is 11.0 Å². The standard InChI is InChI=1S/C17H23N3O/c1-11-6-13(9-17(2,3)8-11)20-10-19-14-7-12(16(18)21)4-5-15(14)20/h4-5,7,10-11,13H,6,8-9H2,1-3H3,(H2,18,21)/t11-,13+/m1/s1. The summed E-state index contributed by atoms with van der Waals surface area (Å²) in [4.78, 5) is 15.7. The van der Waals surface area contributed by atoms with Gasteiger partial charge >= 0.3 is 0 Å². The molecule has 0 bridgehead atoms. The van der Waals surface area contributed by atoms with Crippen molar-refractivity contribution in [2.75, 3.05) is 0 Å². The van der Waals surface area contributed by atoms with E-state index < -0.39 is 5.91 Å². The molecule has 1 aliphatic carbocycles. The van der Waals surface area contributed by atoms with Gasteiger partial charge in [-0.2, -0.15) is 0 Å². The van der Waals surface area contributed by atoms with Gasteiger partial charge in [0, 0.05) is 11.6 Å². The molecule has 1 heterocycles. The lowest BCUT2D eigenvalue weighted by Crippen LogP contribution is -2.29. The molecule has 0 aliphatic heterocycles. The van der Waals surface area contributed by atoms with Crippen LogP contribution in [-0.2, 0) is 0 Å². The molecule has 21 heavy (non-hydrogen) atoms. The van der Waals surface area contributed by atoms with E-state index >= 15 is 0 Å². The molecule has 0 saturated heterocycles. The third-order valence-corrected chi connectivity index (χ3v) is 4.62. The van der Waals surface area contributed by atoms with Gasteiger partial charge in [-0.1, -0.05) is 20.8 Å². The SMILES string of the molecule is C[C@@H]1C[C@H](n2cnc3cc(C(N)=O)ccc32)CC(C)(C)C1. The highest BCUT2D eigenvalue weighted by Gasteiger charge is 2.33. The second-order valence-electron chi connectivity index (χ2n) is 7.29. The molecule has 0 radical (unpaired) electrons. The van der Waals surface area contributed by atoms with Crippen molar-refractivity contribution in [2.24, 2.45) is 17.1 Å². The molecule has 2 aromatic rings. The van der Waals surface area contributed by atoms with Crippen molar-refractivity contribution in [3.8, 4) is 0 Å². The first kappa shape index (κ1) is 14.1. The van der Waals surface area contributed by atoms with Crippen molar-refractivity contribution < 1.29 is 4.79 Å². The fraction of sp³-hybridized carbons (Fsp3) is 0.529. The van der Waals surface area contributed by atoms with Crippen LogP contribution in [0.3, 0.4) is 0 Å². The summed E-state index contributed by atoms with van der Waals surface area (Å²) >= 11 is 0.